The number of carbonyl (C=O) groups excluding carboxylic acids is 1. The third-order valence-corrected chi connectivity index (χ3v) is 7.00. The molecule has 0 aliphatic heterocycles. The Morgan fingerprint density at radius 3 is 2.46 bits per heavy atom. The standard InChI is InChI=1S/C28H33F2N5O2/c1-18(36)35-24(14-19-12-22(29)16-23(30)13-19)25(37)17-34-28(8-3-2-4-9-28)21-7-5-6-20(15-21)26-27(31)33-11-10-32-26/h5-7,10-13,15-16,24-25,34,37H,2-4,8-9,14,17H2,1H3,(H2,31,33)(H,35,36). The van der Waals surface area contributed by atoms with Crippen LogP contribution in [0.25, 0.3) is 11.3 Å². The molecular formula is C28H33F2N5O2. The predicted octanol–water partition coefficient (Wildman–Crippen LogP) is 3.86. The minimum absolute atomic E-state index is 0.0888. The van der Waals surface area contributed by atoms with Crippen LogP contribution in [0.1, 0.15) is 50.2 Å². The summed E-state index contributed by atoms with van der Waals surface area (Å²) >= 11 is 0. The van der Waals surface area contributed by atoms with Crippen LogP contribution in [0.15, 0.2) is 54.9 Å². The van der Waals surface area contributed by atoms with Gasteiger partial charge in [-0.15, -0.1) is 0 Å². The molecule has 1 saturated carbocycles. The van der Waals surface area contributed by atoms with Gasteiger partial charge in [-0.1, -0.05) is 37.5 Å². The molecule has 1 aliphatic rings. The number of hydrogen-bond acceptors (Lipinski definition) is 6. The number of aliphatic hydroxyl groups is 1. The Labute approximate surface area is 215 Å². The summed E-state index contributed by atoms with van der Waals surface area (Å²) in [7, 11) is 0. The number of benzene rings is 2. The number of amides is 1. The number of rotatable bonds is 9. The number of nitrogens with zero attached hydrogens (tertiary/aromatic N) is 2. The van der Waals surface area contributed by atoms with E-state index < -0.39 is 29.3 Å². The van der Waals surface area contributed by atoms with Gasteiger partial charge in [0.05, 0.1) is 12.1 Å². The maximum atomic E-state index is 13.7. The number of halogens is 2. The van der Waals surface area contributed by atoms with Crippen molar-refractivity contribution in [2.75, 3.05) is 12.3 Å². The Morgan fingerprint density at radius 1 is 1.08 bits per heavy atom. The highest BCUT2D eigenvalue weighted by Gasteiger charge is 2.35. The second-order valence-electron chi connectivity index (χ2n) is 9.75. The van der Waals surface area contributed by atoms with Gasteiger partial charge in [-0.25, -0.2) is 13.8 Å². The Morgan fingerprint density at radius 2 is 1.78 bits per heavy atom. The van der Waals surface area contributed by atoms with Crippen LogP contribution in [0.2, 0.25) is 0 Å². The van der Waals surface area contributed by atoms with Gasteiger partial charge in [0.2, 0.25) is 5.91 Å². The summed E-state index contributed by atoms with van der Waals surface area (Å²) in [4.78, 5) is 20.4. The molecule has 3 aromatic rings. The van der Waals surface area contributed by atoms with Crippen LogP contribution >= 0.6 is 0 Å². The number of nitrogens with one attached hydrogen (secondary N) is 2. The summed E-state index contributed by atoms with van der Waals surface area (Å²) in [5, 5.41) is 17.5. The third-order valence-electron chi connectivity index (χ3n) is 7.00. The maximum Gasteiger partial charge on any atom is 0.217 e. The van der Waals surface area contributed by atoms with Gasteiger partial charge in [0.15, 0.2) is 0 Å². The first kappa shape index (κ1) is 26.6. The first-order chi connectivity index (χ1) is 17.8. The molecule has 2 unspecified atom stereocenters. The van der Waals surface area contributed by atoms with Gasteiger partial charge in [-0.2, -0.15) is 0 Å². The molecule has 196 valence electrons. The van der Waals surface area contributed by atoms with E-state index in [-0.39, 0.29) is 18.9 Å². The minimum atomic E-state index is -0.993. The summed E-state index contributed by atoms with van der Waals surface area (Å²) < 4.78 is 27.5. The first-order valence-corrected chi connectivity index (χ1v) is 12.6. The zero-order chi connectivity index (χ0) is 26.4. The molecule has 0 saturated heterocycles. The van der Waals surface area contributed by atoms with Crippen molar-refractivity contribution in [3.63, 3.8) is 0 Å². The monoisotopic (exact) mass is 509 g/mol. The fourth-order valence-corrected chi connectivity index (χ4v) is 5.23. The number of aliphatic hydroxyl groups excluding tert-OH is 1. The number of nitrogens with two attached hydrogens (primary N) is 1. The lowest BCUT2D eigenvalue weighted by Crippen LogP contribution is -2.53. The lowest BCUT2D eigenvalue weighted by molar-refractivity contribution is -0.120. The first-order valence-electron chi connectivity index (χ1n) is 12.6. The summed E-state index contributed by atoms with van der Waals surface area (Å²) in [6.45, 7) is 1.53. The summed E-state index contributed by atoms with van der Waals surface area (Å²) in [6.07, 6.45) is 7.18. The second-order valence-corrected chi connectivity index (χ2v) is 9.75. The van der Waals surface area contributed by atoms with Gasteiger partial charge in [-0.3, -0.25) is 9.78 Å². The van der Waals surface area contributed by atoms with Crippen LogP contribution < -0.4 is 16.4 Å². The number of aromatic nitrogens is 2. The molecule has 0 radical (unpaired) electrons. The lowest BCUT2D eigenvalue weighted by atomic mass is 9.76. The molecule has 1 fully saturated rings. The molecule has 1 aromatic heterocycles. The topological polar surface area (TPSA) is 113 Å². The van der Waals surface area contributed by atoms with E-state index in [0.29, 0.717) is 17.1 Å². The zero-order valence-electron chi connectivity index (χ0n) is 20.9. The van der Waals surface area contributed by atoms with Gasteiger partial charge in [0.1, 0.15) is 23.1 Å². The van der Waals surface area contributed by atoms with Gasteiger partial charge in [0, 0.05) is 43.0 Å². The summed E-state index contributed by atoms with van der Waals surface area (Å²) in [6, 6.07) is 10.5. The Hall–Kier alpha value is -3.43. The predicted molar refractivity (Wildman–Crippen MR) is 138 cm³/mol. The van der Waals surface area contributed by atoms with Crippen LogP contribution in [-0.2, 0) is 16.8 Å². The van der Waals surface area contributed by atoms with Crippen molar-refractivity contribution in [3.05, 3.63) is 77.6 Å². The molecular weight excluding hydrogens is 476 g/mol. The number of nitrogen functional groups attached to an aromatic ring is 1. The minimum Gasteiger partial charge on any atom is -0.390 e. The molecule has 7 nitrogen and oxygen atoms in total. The third kappa shape index (κ3) is 6.67. The van der Waals surface area contributed by atoms with E-state index in [0.717, 1.165) is 49.3 Å². The molecule has 2 aromatic carbocycles. The van der Waals surface area contributed by atoms with Gasteiger partial charge in [-0.05, 0) is 48.6 Å². The molecule has 4 rings (SSSR count). The molecule has 0 spiro atoms. The van der Waals surface area contributed by atoms with Crippen molar-refractivity contribution in [2.24, 2.45) is 0 Å². The number of carbonyl (C=O) groups is 1. The van der Waals surface area contributed by atoms with E-state index in [1.807, 2.05) is 12.1 Å². The van der Waals surface area contributed by atoms with Crippen LogP contribution in [0.4, 0.5) is 14.6 Å². The molecule has 9 heteroatoms. The van der Waals surface area contributed by atoms with E-state index in [4.69, 9.17) is 5.73 Å². The van der Waals surface area contributed by atoms with E-state index >= 15 is 0 Å². The molecule has 1 aliphatic carbocycles. The highest BCUT2D eigenvalue weighted by Crippen LogP contribution is 2.38. The van der Waals surface area contributed by atoms with Crippen molar-refractivity contribution < 1.29 is 18.7 Å². The molecule has 5 N–H and O–H groups in total. The molecule has 2 atom stereocenters. The molecule has 1 heterocycles. The SMILES string of the molecule is CC(=O)NC(Cc1cc(F)cc(F)c1)C(O)CNC1(c2cccc(-c3nccnc3N)c2)CCCCC1. The number of hydrogen-bond donors (Lipinski definition) is 4. The van der Waals surface area contributed by atoms with Crippen molar-refractivity contribution in [1.29, 1.82) is 0 Å². The van der Waals surface area contributed by atoms with E-state index in [2.05, 4.69) is 32.7 Å². The Kier molecular flexibility index (Phi) is 8.45. The van der Waals surface area contributed by atoms with Crippen LogP contribution in [0.3, 0.4) is 0 Å². The van der Waals surface area contributed by atoms with Crippen LogP contribution in [0.5, 0.6) is 0 Å². The highest BCUT2D eigenvalue weighted by atomic mass is 19.1. The normalized spacial score (nSPS) is 16.6. The largest absolute Gasteiger partial charge is 0.390 e. The maximum absolute atomic E-state index is 13.7. The van der Waals surface area contributed by atoms with E-state index in [1.165, 1.54) is 19.1 Å². The Bertz CT molecular complexity index is 1210. The van der Waals surface area contributed by atoms with Crippen LogP contribution in [0, 0.1) is 11.6 Å². The smallest absolute Gasteiger partial charge is 0.217 e. The summed E-state index contributed by atoms with van der Waals surface area (Å²) in [5.41, 5.74) is 8.57. The van der Waals surface area contributed by atoms with Crippen molar-refractivity contribution >= 4 is 11.7 Å². The van der Waals surface area contributed by atoms with Gasteiger partial charge >= 0.3 is 0 Å². The molecule has 37 heavy (non-hydrogen) atoms. The summed E-state index contributed by atoms with van der Waals surface area (Å²) in [5.74, 6) is -1.38. The van der Waals surface area contributed by atoms with Gasteiger partial charge in [0.25, 0.3) is 0 Å². The Balaban J connectivity index is 1.56. The quantitative estimate of drug-likeness (QED) is 0.348. The van der Waals surface area contributed by atoms with Crippen molar-refractivity contribution in [2.45, 2.75) is 63.1 Å². The van der Waals surface area contributed by atoms with E-state index in [9.17, 15) is 18.7 Å². The van der Waals surface area contributed by atoms with Crippen molar-refractivity contribution in [1.82, 2.24) is 20.6 Å². The number of anilines is 1. The lowest BCUT2D eigenvalue weighted by Gasteiger charge is -2.40. The molecule has 1 amide bonds. The van der Waals surface area contributed by atoms with Crippen molar-refractivity contribution in [3.8, 4) is 11.3 Å². The fourth-order valence-electron chi connectivity index (χ4n) is 5.23. The average molecular weight is 510 g/mol. The zero-order valence-corrected chi connectivity index (χ0v) is 20.9. The van der Waals surface area contributed by atoms with Crippen LogP contribution in [-0.4, -0.2) is 39.7 Å². The fraction of sp³-hybridized carbons (Fsp3) is 0.393. The average Bonchev–Trinajstić information content (AvgIpc) is 2.87. The van der Waals surface area contributed by atoms with Gasteiger partial charge < -0.3 is 21.5 Å². The van der Waals surface area contributed by atoms with E-state index in [1.54, 1.807) is 12.4 Å². The highest BCUT2D eigenvalue weighted by molar-refractivity contribution is 5.73. The second kappa shape index (κ2) is 11.7. The molecule has 0 bridgehead atoms.